The first-order valence-corrected chi connectivity index (χ1v) is 10.0. The minimum atomic E-state index is -4.75. The van der Waals surface area contributed by atoms with Crippen LogP contribution in [0.3, 0.4) is 0 Å². The molecule has 0 aliphatic carbocycles. The zero-order chi connectivity index (χ0) is 23.3. The highest BCUT2D eigenvalue weighted by Gasteiger charge is 2.31. The van der Waals surface area contributed by atoms with Crippen molar-refractivity contribution in [2.75, 3.05) is 0 Å². The van der Waals surface area contributed by atoms with Gasteiger partial charge in [0.25, 0.3) is 0 Å². The molecule has 0 bridgehead atoms. The number of hydrogen-bond donors (Lipinski definition) is 2. The molecule has 0 saturated carbocycles. The van der Waals surface area contributed by atoms with Crippen molar-refractivity contribution in [2.24, 2.45) is 0 Å². The number of alkyl halides is 3. The maximum Gasteiger partial charge on any atom is 0.573 e. The minimum absolute atomic E-state index is 0.0908. The van der Waals surface area contributed by atoms with Crippen LogP contribution in [0, 0.1) is 12.7 Å². The van der Waals surface area contributed by atoms with Crippen molar-refractivity contribution in [1.29, 1.82) is 0 Å². The van der Waals surface area contributed by atoms with Gasteiger partial charge in [0.15, 0.2) is 11.3 Å². The van der Waals surface area contributed by atoms with Gasteiger partial charge in [-0.2, -0.15) is 0 Å². The van der Waals surface area contributed by atoms with E-state index in [0.29, 0.717) is 30.2 Å². The standard InChI is InChI=1S/C22H17F4N5O2/c1-11-18(29-19-14(20(11)32)3-2-4-15(19)23)21-28-17-9-27-16(10-31(17)30-21)12-5-7-13(8-6-12)33-22(24,25)26/h2-8,16,27H,9-10H2,1H3,(H,29,32). The molecule has 2 N–H and O–H groups in total. The van der Waals surface area contributed by atoms with Gasteiger partial charge in [-0.3, -0.25) is 4.79 Å². The Morgan fingerprint density at radius 1 is 1.15 bits per heavy atom. The second-order valence-corrected chi connectivity index (χ2v) is 7.70. The third-order valence-corrected chi connectivity index (χ3v) is 5.57. The summed E-state index contributed by atoms with van der Waals surface area (Å²) in [6, 6.07) is 9.69. The summed E-state index contributed by atoms with van der Waals surface area (Å²) in [7, 11) is 0. The van der Waals surface area contributed by atoms with E-state index in [2.05, 4.69) is 25.1 Å². The number of aromatic amines is 1. The Balaban J connectivity index is 1.44. The van der Waals surface area contributed by atoms with Crippen LogP contribution in [0.4, 0.5) is 17.6 Å². The molecule has 0 spiro atoms. The Morgan fingerprint density at radius 2 is 1.91 bits per heavy atom. The molecule has 1 aliphatic heterocycles. The number of para-hydroxylation sites is 1. The first-order valence-electron chi connectivity index (χ1n) is 10.0. The zero-order valence-corrected chi connectivity index (χ0v) is 17.2. The summed E-state index contributed by atoms with van der Waals surface area (Å²) in [5, 5.41) is 8.02. The normalized spacial score (nSPS) is 16.1. The lowest BCUT2D eigenvalue weighted by Gasteiger charge is -2.24. The Morgan fingerprint density at radius 3 is 2.64 bits per heavy atom. The monoisotopic (exact) mass is 459 g/mol. The van der Waals surface area contributed by atoms with Crippen molar-refractivity contribution in [1.82, 2.24) is 25.1 Å². The number of nitrogens with one attached hydrogen (secondary N) is 2. The van der Waals surface area contributed by atoms with Crippen LogP contribution in [0.25, 0.3) is 22.4 Å². The molecule has 0 radical (unpaired) electrons. The van der Waals surface area contributed by atoms with Gasteiger partial charge in [-0.1, -0.05) is 18.2 Å². The fourth-order valence-electron chi connectivity index (χ4n) is 3.93. The van der Waals surface area contributed by atoms with E-state index in [4.69, 9.17) is 0 Å². The molecular formula is C22H17F4N5O2. The Hall–Kier alpha value is -3.73. The third-order valence-electron chi connectivity index (χ3n) is 5.57. The maximum absolute atomic E-state index is 14.3. The maximum atomic E-state index is 14.3. The smallest absolute Gasteiger partial charge is 0.406 e. The van der Waals surface area contributed by atoms with E-state index >= 15 is 0 Å². The fourth-order valence-corrected chi connectivity index (χ4v) is 3.93. The lowest BCUT2D eigenvalue weighted by Crippen LogP contribution is -2.32. The lowest BCUT2D eigenvalue weighted by atomic mass is 10.1. The highest BCUT2D eigenvalue weighted by Crippen LogP contribution is 2.27. The SMILES string of the molecule is Cc1c(-c2nc3n(n2)CC(c2ccc(OC(F)(F)F)cc2)NC3)[nH]c2c(F)cccc2c1=O. The molecule has 5 rings (SSSR count). The summed E-state index contributed by atoms with van der Waals surface area (Å²) in [6.45, 7) is 2.35. The first kappa shape index (κ1) is 21.1. The average Bonchev–Trinajstić information content (AvgIpc) is 3.19. The predicted molar refractivity (Wildman–Crippen MR) is 111 cm³/mol. The number of aromatic nitrogens is 4. The van der Waals surface area contributed by atoms with Crippen LogP contribution in [0.1, 0.15) is 23.0 Å². The average molecular weight is 459 g/mol. The lowest BCUT2D eigenvalue weighted by molar-refractivity contribution is -0.274. The van der Waals surface area contributed by atoms with Crippen LogP contribution in [0.5, 0.6) is 5.75 Å². The number of nitrogens with zero attached hydrogens (tertiary/aromatic N) is 3. The third kappa shape index (κ3) is 3.95. The van der Waals surface area contributed by atoms with Gasteiger partial charge in [-0.05, 0) is 36.8 Å². The summed E-state index contributed by atoms with van der Waals surface area (Å²) in [4.78, 5) is 20.2. The molecule has 170 valence electrons. The van der Waals surface area contributed by atoms with Crippen LogP contribution in [-0.2, 0) is 13.1 Å². The summed E-state index contributed by atoms with van der Waals surface area (Å²) < 4.78 is 57.0. The van der Waals surface area contributed by atoms with Crippen LogP contribution in [-0.4, -0.2) is 26.1 Å². The molecular weight excluding hydrogens is 442 g/mol. The number of fused-ring (bicyclic) bond motifs is 2. The van der Waals surface area contributed by atoms with Gasteiger partial charge >= 0.3 is 6.36 Å². The Labute approximate surface area is 184 Å². The predicted octanol–water partition coefficient (Wildman–Crippen LogP) is 3.98. The van der Waals surface area contributed by atoms with E-state index in [0.717, 1.165) is 5.56 Å². The van der Waals surface area contributed by atoms with Gasteiger partial charge in [0.2, 0.25) is 0 Å². The zero-order valence-electron chi connectivity index (χ0n) is 17.2. The molecule has 4 aromatic rings. The van der Waals surface area contributed by atoms with Crippen LogP contribution < -0.4 is 15.5 Å². The topological polar surface area (TPSA) is 84.8 Å². The fraction of sp³-hybridized carbons (Fsp3) is 0.227. The van der Waals surface area contributed by atoms with E-state index in [-0.39, 0.29) is 33.9 Å². The quantitative estimate of drug-likeness (QED) is 0.453. The molecule has 1 aliphatic rings. The molecule has 2 aromatic heterocycles. The Bertz CT molecular complexity index is 1410. The van der Waals surface area contributed by atoms with Gasteiger partial charge in [0.05, 0.1) is 30.3 Å². The number of benzene rings is 2. The van der Waals surface area contributed by atoms with E-state index in [1.165, 1.54) is 24.3 Å². The summed E-state index contributed by atoms with van der Waals surface area (Å²) >= 11 is 0. The van der Waals surface area contributed by atoms with Gasteiger partial charge in [-0.15, -0.1) is 18.3 Å². The minimum Gasteiger partial charge on any atom is -0.406 e. The molecule has 1 atom stereocenters. The molecule has 3 heterocycles. The molecule has 2 aromatic carbocycles. The van der Waals surface area contributed by atoms with Crippen molar-refractivity contribution in [3.8, 4) is 17.3 Å². The highest BCUT2D eigenvalue weighted by atomic mass is 19.4. The van der Waals surface area contributed by atoms with Gasteiger partial charge < -0.3 is 15.0 Å². The van der Waals surface area contributed by atoms with E-state index < -0.39 is 12.2 Å². The number of H-pyrrole nitrogens is 1. The van der Waals surface area contributed by atoms with Crippen LogP contribution >= 0.6 is 0 Å². The van der Waals surface area contributed by atoms with Gasteiger partial charge in [0.1, 0.15) is 17.4 Å². The van der Waals surface area contributed by atoms with E-state index in [9.17, 15) is 22.4 Å². The molecule has 0 saturated heterocycles. The molecule has 1 unspecified atom stereocenters. The number of ether oxygens (including phenoxy) is 1. The first-order chi connectivity index (χ1) is 15.7. The van der Waals surface area contributed by atoms with Crippen LogP contribution in [0.2, 0.25) is 0 Å². The largest absolute Gasteiger partial charge is 0.573 e. The van der Waals surface area contributed by atoms with Gasteiger partial charge in [0, 0.05) is 10.9 Å². The molecule has 0 fully saturated rings. The second kappa shape index (κ2) is 7.69. The van der Waals surface area contributed by atoms with Crippen molar-refractivity contribution < 1.29 is 22.3 Å². The van der Waals surface area contributed by atoms with Crippen LogP contribution in [0.15, 0.2) is 47.3 Å². The van der Waals surface area contributed by atoms with Crippen molar-refractivity contribution in [2.45, 2.75) is 32.4 Å². The van der Waals surface area contributed by atoms with E-state index in [1.807, 2.05) is 0 Å². The van der Waals surface area contributed by atoms with Crippen molar-refractivity contribution in [3.05, 3.63) is 75.5 Å². The summed E-state index contributed by atoms with van der Waals surface area (Å²) in [6.07, 6.45) is -4.75. The highest BCUT2D eigenvalue weighted by molar-refractivity contribution is 5.82. The summed E-state index contributed by atoms with van der Waals surface area (Å²) in [5.41, 5.74) is 1.26. The summed E-state index contributed by atoms with van der Waals surface area (Å²) in [5.74, 6) is 0.0385. The van der Waals surface area contributed by atoms with E-state index in [1.54, 1.807) is 29.8 Å². The van der Waals surface area contributed by atoms with Crippen molar-refractivity contribution >= 4 is 10.9 Å². The second-order valence-electron chi connectivity index (χ2n) is 7.70. The number of halogens is 4. The Kier molecular flexibility index (Phi) is 4.93. The van der Waals surface area contributed by atoms with Crippen molar-refractivity contribution in [3.63, 3.8) is 0 Å². The molecule has 11 heteroatoms. The molecule has 33 heavy (non-hydrogen) atoms. The number of pyridine rings is 1. The number of hydrogen-bond acceptors (Lipinski definition) is 5. The molecule has 7 nitrogen and oxygen atoms in total. The number of rotatable bonds is 3. The molecule has 0 amide bonds. The van der Waals surface area contributed by atoms with Gasteiger partial charge in [-0.25, -0.2) is 14.1 Å².